The molecule has 9 amide bonds. The summed E-state index contributed by atoms with van der Waals surface area (Å²) < 4.78 is 83.0. The summed E-state index contributed by atoms with van der Waals surface area (Å²) in [5.74, 6) is -7.69. The number of nitrogens with one attached hydrogen (secondary N) is 11. The fourth-order valence-electron chi connectivity index (χ4n) is 21.9. The lowest BCUT2D eigenvalue weighted by Crippen LogP contribution is -2.71. The summed E-state index contributed by atoms with van der Waals surface area (Å²) in [7, 11) is 0. The monoisotopic (exact) mass is 1950 g/mol. The Morgan fingerprint density at radius 1 is 0.676 bits per heavy atom. The third-order valence-corrected chi connectivity index (χ3v) is 29.4. The number of halogens is 2. The number of alkyl halides is 2. The third-order valence-electron chi connectivity index (χ3n) is 29.4. The van der Waals surface area contributed by atoms with E-state index < -0.39 is 186 Å². The number of hydrogen-bond donors (Lipinski definition) is 17. The molecule has 19 atom stereocenters. The Morgan fingerprint density at radius 3 is 2.06 bits per heavy atom. The number of fused-ring (bicyclic) bond motifs is 11. The number of anilines is 1. The molecule has 0 bridgehead atoms. The molecule has 18 N–H and O–H groups in total. The van der Waals surface area contributed by atoms with Crippen LogP contribution in [0.3, 0.4) is 0 Å². The van der Waals surface area contributed by atoms with Crippen LogP contribution in [0, 0.1) is 28.6 Å². The Bertz CT molecular complexity index is 4690. The lowest BCUT2D eigenvalue weighted by Gasteiger charge is -2.63. The van der Waals surface area contributed by atoms with Gasteiger partial charge >= 0.3 is 6.03 Å². The molecule has 12 rings (SSSR count). The molecule has 2 aromatic rings. The van der Waals surface area contributed by atoms with Crippen molar-refractivity contribution in [3.05, 3.63) is 100 Å². The highest BCUT2D eigenvalue weighted by Gasteiger charge is 2.80. The van der Waals surface area contributed by atoms with Gasteiger partial charge in [-0.1, -0.05) is 148 Å². The van der Waals surface area contributed by atoms with Gasteiger partial charge in [0.05, 0.1) is 119 Å². The lowest BCUT2D eigenvalue weighted by atomic mass is 9.44. The molecule has 5 fully saturated rings. The molecular weight excluding hydrogens is 1810 g/mol. The Morgan fingerprint density at radius 2 is 1.35 bits per heavy atom. The molecule has 0 radical (unpaired) electrons. The second-order valence-corrected chi connectivity index (χ2v) is 39.3. The number of ether oxygens (including phenoxy) is 8. The number of unbranched alkanes of at least 4 members (excludes halogenated alkanes) is 4. The SMILES string of the molecule is CCCCC(C)(CCCC)N1NNC2=C1c1ccccc1CN(C(=O)CCC(=O)NCCOCCOCCOCCOCCC(=O)N[C@H](CCCCCNC(=O)COC1CCCCCC3=C1NNN3[C@@H]1O[C@H](CO)[C@H](O)[C@H](O)[C@H]1O)C(=O)N[C@H](C(=O)N[C@@H](CCCNC(N)=O)C(=O)NCC(=O)[C@@]13OC(CCC)O[C@@H]1C[C@H]1[C@@H]4C[C@H](F)C5=CC(=O)C=C[C@]5(C)[C@@]4(F)[C@@H](O)C[C@@]13C)C(C)C)c1ccccc12. The van der Waals surface area contributed by atoms with Gasteiger partial charge in [-0.25, -0.2) is 13.6 Å². The van der Waals surface area contributed by atoms with Crippen molar-refractivity contribution >= 4 is 76.0 Å². The Kier molecular flexibility index (Phi) is 39.2. The summed E-state index contributed by atoms with van der Waals surface area (Å²) in [5, 5.41) is 77.2. The van der Waals surface area contributed by atoms with Gasteiger partial charge in [0.2, 0.25) is 41.4 Å². The molecule has 3 saturated carbocycles. The Balaban J connectivity index is 0.606. The maximum Gasteiger partial charge on any atom is 0.312 e. The van der Waals surface area contributed by atoms with Crippen molar-refractivity contribution < 1.29 is 120 Å². The number of primary amides is 1. The quantitative estimate of drug-likeness (QED) is 0.0388. The number of carbonyl (C=O) groups excluding carboxylic acids is 10. The fraction of sp³-hybridized carbons (Fsp3) is 0.697. The normalized spacial score (nSPS) is 28.0. The molecule has 2 aromatic carbocycles. The molecule has 5 aliphatic heterocycles. The number of allylic oxidation sites excluding steroid dienone is 5. The summed E-state index contributed by atoms with van der Waals surface area (Å²) in [5.41, 5.74) is 17.7. The molecule has 38 nitrogen and oxygen atoms in total. The number of ketones is 2. The van der Waals surface area contributed by atoms with E-state index >= 15 is 13.6 Å². The predicted octanol–water partition coefficient (Wildman–Crippen LogP) is 4.99. The molecule has 0 aromatic heterocycles. The number of carbonyl (C=O) groups is 10. The number of hydrazine groups is 4. The smallest absolute Gasteiger partial charge is 0.312 e. The number of nitrogens with zero attached hydrogens (tertiary/aromatic N) is 3. The van der Waals surface area contributed by atoms with Crippen molar-refractivity contribution in [3.8, 4) is 0 Å². The lowest BCUT2D eigenvalue weighted by molar-refractivity contribution is -0.266. The summed E-state index contributed by atoms with van der Waals surface area (Å²) >= 11 is 0. The van der Waals surface area contributed by atoms with E-state index in [1.807, 2.05) is 43.3 Å². The van der Waals surface area contributed by atoms with Crippen LogP contribution in [-0.2, 0) is 87.6 Å². The van der Waals surface area contributed by atoms with E-state index in [4.69, 9.17) is 43.6 Å². The van der Waals surface area contributed by atoms with E-state index in [0.717, 1.165) is 97.6 Å². The molecule has 772 valence electrons. The van der Waals surface area contributed by atoms with Crippen LogP contribution in [0.15, 0.2) is 83.7 Å². The van der Waals surface area contributed by atoms with Crippen LogP contribution in [0.1, 0.15) is 233 Å². The molecule has 5 heterocycles. The molecule has 139 heavy (non-hydrogen) atoms. The van der Waals surface area contributed by atoms with Crippen molar-refractivity contribution in [2.24, 2.45) is 34.3 Å². The van der Waals surface area contributed by atoms with Gasteiger partial charge in [-0.05, 0) is 139 Å². The number of amides is 9. The molecule has 2 saturated heterocycles. The van der Waals surface area contributed by atoms with Crippen molar-refractivity contribution in [1.29, 1.82) is 0 Å². The van der Waals surface area contributed by atoms with Gasteiger partial charge in [0, 0.05) is 66.8 Å². The summed E-state index contributed by atoms with van der Waals surface area (Å²) in [6.45, 7) is 15.5. The second kappa shape index (κ2) is 50.1. The zero-order chi connectivity index (χ0) is 99.9. The van der Waals surface area contributed by atoms with Gasteiger partial charge < -0.3 is 122 Å². The topological polar surface area (TPSA) is 514 Å². The van der Waals surface area contributed by atoms with Gasteiger partial charge in [0.25, 0.3) is 0 Å². The number of aliphatic hydroxyl groups excluding tert-OH is 5. The van der Waals surface area contributed by atoms with E-state index in [1.54, 1.807) is 25.7 Å². The number of rotatable bonds is 52. The molecule has 0 spiro atoms. The van der Waals surface area contributed by atoms with Gasteiger partial charge in [0.15, 0.2) is 35.4 Å². The fourth-order valence-corrected chi connectivity index (χ4v) is 21.9. The van der Waals surface area contributed by atoms with Crippen molar-refractivity contribution in [2.75, 3.05) is 97.1 Å². The highest BCUT2D eigenvalue weighted by molar-refractivity contribution is 6.04. The minimum absolute atomic E-state index is 0.00951. The first kappa shape index (κ1) is 109. The maximum absolute atomic E-state index is 18.3. The average Bonchev–Trinajstić information content (AvgIpc) is 1.51. The van der Waals surface area contributed by atoms with Crippen LogP contribution in [0.2, 0.25) is 0 Å². The van der Waals surface area contributed by atoms with Crippen LogP contribution < -0.4 is 69.8 Å². The average molecular weight is 1960 g/mol. The largest absolute Gasteiger partial charge is 0.394 e. The number of para-hydroxylation sites is 1. The van der Waals surface area contributed by atoms with Gasteiger partial charge in [-0.2, -0.15) is 0 Å². The first-order valence-corrected chi connectivity index (χ1v) is 50.1. The second-order valence-electron chi connectivity index (χ2n) is 39.3. The molecular formula is C99H149F2N15O23. The van der Waals surface area contributed by atoms with E-state index in [1.165, 1.54) is 24.1 Å². The standard InChI is InChI=1S/C99H149F2N15O23/c1-9-12-38-95(6,39-13-10-2)116-86-63-27-20-19-26-61(63)57-114(71-31-22-21-28-64(71)84(86)110-113-116)81(124)35-34-78(121)104-43-45-133-47-49-135-51-50-134-48-46-132-44-37-79(122)107-70(29-16-15-23-41-103-80(123)59-136-73-33-18-14-17-32-72-85(73)111-112-115(72)93-89(127)88(126)87(125)74(58-117)137-93)91(129)109-83(60(4)5)92(130)108-69(30-24-42-105-94(102)131)90(128)106-56-76(120)99-77(138-82(139-99)25-11-3)54-65-66-53-68(100)67-52-62(118)36-40-96(67,7)98(66,101)75(119)55-97(65,99)8/h19-22,26-28,31,36,40,52,60,65-66,68-70,73-75,77,82-83,87-89,93,110-113,117,119,125-127H,9-18,23-25,29-30,32-35,37-39,41-51,53-59H2,1-8H3,(H,103,123)(H,104,121)(H,106,128)(H,107,122)(H,108,130)(H,109,129)(H3,102,105,131)/t65-,66-,68-,69-,70+,73?,74+,75-,77+,82?,83-,87-,88-,89+,93+,96-,97-,98-,99+/m0/s1. The van der Waals surface area contributed by atoms with Gasteiger partial charge in [-0.15, -0.1) is 11.1 Å². The Labute approximate surface area is 812 Å². The van der Waals surface area contributed by atoms with E-state index in [0.29, 0.717) is 62.9 Å². The van der Waals surface area contributed by atoms with Crippen molar-refractivity contribution in [2.45, 2.75) is 319 Å². The van der Waals surface area contributed by atoms with Crippen LogP contribution in [0.4, 0.5) is 19.3 Å². The predicted molar refractivity (Wildman–Crippen MR) is 507 cm³/mol. The van der Waals surface area contributed by atoms with E-state index in [9.17, 15) is 68.7 Å². The summed E-state index contributed by atoms with van der Waals surface area (Å²) in [6.07, 6.45) is 1.42. The molecule has 2 unspecified atom stereocenters. The summed E-state index contributed by atoms with van der Waals surface area (Å²) in [4.78, 5) is 140. The van der Waals surface area contributed by atoms with E-state index in [-0.39, 0.29) is 153 Å². The molecule has 10 aliphatic rings. The zero-order valence-corrected chi connectivity index (χ0v) is 81.6. The van der Waals surface area contributed by atoms with Crippen LogP contribution >= 0.6 is 0 Å². The third kappa shape index (κ3) is 25.2. The summed E-state index contributed by atoms with van der Waals surface area (Å²) in [6, 6.07) is 11.2. The number of aliphatic hydroxyl groups is 5. The highest BCUT2D eigenvalue weighted by Crippen LogP contribution is 2.72. The number of benzene rings is 2. The molecule has 40 heteroatoms. The minimum Gasteiger partial charge on any atom is -0.394 e. The van der Waals surface area contributed by atoms with Gasteiger partial charge in [0.1, 0.15) is 61.4 Å². The number of urea groups is 1. The number of nitrogens with two attached hydrogens (primary N) is 1. The van der Waals surface area contributed by atoms with Crippen molar-refractivity contribution in [1.82, 2.24) is 69.2 Å². The number of Topliss-reactive ketones (excluding diaryl/α,β-unsaturated/α-hetero) is 1. The van der Waals surface area contributed by atoms with Crippen LogP contribution in [-0.4, -0.2) is 283 Å². The Hall–Kier alpha value is -9.24. The maximum atomic E-state index is 18.3. The first-order valence-electron chi connectivity index (χ1n) is 50.1. The number of hydrogen-bond acceptors (Lipinski definition) is 29. The van der Waals surface area contributed by atoms with E-state index in [2.05, 4.69) is 97.1 Å². The van der Waals surface area contributed by atoms with Crippen molar-refractivity contribution in [3.63, 3.8) is 0 Å². The van der Waals surface area contributed by atoms with Crippen LogP contribution in [0.5, 0.6) is 0 Å². The first-order chi connectivity index (χ1) is 66.7. The van der Waals surface area contributed by atoms with Gasteiger partial charge in [-0.3, -0.25) is 53.2 Å². The highest BCUT2D eigenvalue weighted by atomic mass is 19.1. The molecule has 5 aliphatic carbocycles. The van der Waals surface area contributed by atoms with Crippen LogP contribution in [0.25, 0.3) is 11.4 Å². The minimum atomic E-state index is -2.48. The zero-order valence-electron chi connectivity index (χ0n) is 81.6.